The molecular formula is C5H12N2. The summed E-state index contributed by atoms with van der Waals surface area (Å²) >= 11 is 0. The molecule has 2 heteroatoms. The average Bonchev–Trinajstić information content (AvgIpc) is 1.69. The second kappa shape index (κ2) is 5.60. The Morgan fingerprint density at radius 3 is 2.29 bits per heavy atom. The minimum atomic E-state index is 0.819. The highest BCUT2D eigenvalue weighted by Crippen LogP contribution is 1.78. The van der Waals surface area contributed by atoms with Gasteiger partial charge in [-0.1, -0.05) is 6.92 Å². The van der Waals surface area contributed by atoms with E-state index < -0.39 is 0 Å². The normalized spacial score (nSPS) is 10.6. The van der Waals surface area contributed by atoms with E-state index in [9.17, 15) is 0 Å². The van der Waals surface area contributed by atoms with Gasteiger partial charge in [0.15, 0.2) is 0 Å². The van der Waals surface area contributed by atoms with Gasteiger partial charge in [0.1, 0.15) is 0 Å². The molecule has 0 saturated heterocycles. The first-order valence-electron chi connectivity index (χ1n) is 2.75. The fourth-order valence-corrected chi connectivity index (χ4v) is 0.271. The Kier molecular flexibility index (Phi) is 5.28. The molecule has 0 radical (unpaired) electrons. The molecule has 0 aliphatic carbocycles. The molecule has 0 aromatic rings. The Hall–Kier alpha value is -0.400. The van der Waals surface area contributed by atoms with Crippen molar-refractivity contribution in [2.45, 2.75) is 20.3 Å². The van der Waals surface area contributed by atoms with Gasteiger partial charge in [0.25, 0.3) is 0 Å². The zero-order chi connectivity index (χ0) is 5.54. The maximum Gasteiger partial charge on any atom is 0.0596 e. The third-order valence-corrected chi connectivity index (χ3v) is 0.565. The Balaban J connectivity index is 2.78. The van der Waals surface area contributed by atoms with Gasteiger partial charge >= 0.3 is 0 Å². The highest BCUT2D eigenvalue weighted by molar-refractivity contribution is 4.31. The Bertz CT molecular complexity index is 50.0. The molecule has 0 heterocycles. The summed E-state index contributed by atoms with van der Waals surface area (Å²) in [5, 5.41) is 7.62. The van der Waals surface area contributed by atoms with Crippen molar-refractivity contribution in [2.24, 2.45) is 10.2 Å². The highest BCUT2D eigenvalue weighted by atomic mass is 15.1. The molecule has 0 atom stereocenters. The lowest BCUT2D eigenvalue weighted by molar-refractivity contribution is 0.830. The van der Waals surface area contributed by atoms with Crippen LogP contribution in [0.3, 0.4) is 0 Å². The molecular weight excluding hydrogens is 88.1 g/mol. The lowest BCUT2D eigenvalue weighted by atomic mass is 10.5. The minimum absolute atomic E-state index is 0.819. The summed E-state index contributed by atoms with van der Waals surface area (Å²) in [5.74, 6) is 0. The van der Waals surface area contributed by atoms with Crippen molar-refractivity contribution in [1.82, 2.24) is 0 Å². The van der Waals surface area contributed by atoms with Gasteiger partial charge in [-0.15, -0.1) is 0 Å². The molecule has 0 spiro atoms. The topological polar surface area (TPSA) is 24.7 Å². The van der Waals surface area contributed by atoms with Gasteiger partial charge < -0.3 is 0 Å². The number of azo groups is 1. The predicted octanol–water partition coefficient (Wildman–Crippen LogP) is 1.87. The standard InChI is InChI=1S/C5H12N2/c1-3-5-7-6-4-2/h3-5H2,1-2H3. The molecule has 0 bridgehead atoms. The van der Waals surface area contributed by atoms with E-state index in [0.717, 1.165) is 19.5 Å². The van der Waals surface area contributed by atoms with Crippen molar-refractivity contribution >= 4 is 0 Å². The number of nitrogens with zero attached hydrogens (tertiary/aromatic N) is 2. The van der Waals surface area contributed by atoms with E-state index in [-0.39, 0.29) is 0 Å². The molecule has 0 rings (SSSR count). The predicted molar refractivity (Wildman–Crippen MR) is 30.6 cm³/mol. The summed E-state index contributed by atoms with van der Waals surface area (Å²) in [6.07, 6.45) is 1.10. The van der Waals surface area contributed by atoms with Gasteiger partial charge in [0.2, 0.25) is 0 Å². The van der Waals surface area contributed by atoms with Crippen LogP contribution in [-0.4, -0.2) is 13.1 Å². The van der Waals surface area contributed by atoms with Crippen LogP contribution in [0.15, 0.2) is 10.2 Å². The molecule has 0 aliphatic rings. The molecule has 0 aromatic heterocycles. The fourth-order valence-electron chi connectivity index (χ4n) is 0.271. The first-order valence-corrected chi connectivity index (χ1v) is 2.75. The van der Waals surface area contributed by atoms with Crippen molar-refractivity contribution in [3.63, 3.8) is 0 Å². The first kappa shape index (κ1) is 6.60. The molecule has 2 nitrogen and oxygen atoms in total. The SMILES string of the molecule is CCCN=NCC. The lowest BCUT2D eigenvalue weighted by Crippen LogP contribution is -1.71. The van der Waals surface area contributed by atoms with E-state index in [1.54, 1.807) is 0 Å². The Labute approximate surface area is 44.6 Å². The largest absolute Gasteiger partial charge is 0.195 e. The quantitative estimate of drug-likeness (QED) is 0.484. The van der Waals surface area contributed by atoms with E-state index in [4.69, 9.17) is 0 Å². The van der Waals surface area contributed by atoms with Crippen LogP contribution in [0.5, 0.6) is 0 Å². The molecule has 42 valence electrons. The third kappa shape index (κ3) is 5.60. The monoisotopic (exact) mass is 100 g/mol. The summed E-state index contributed by atoms with van der Waals surface area (Å²) in [4.78, 5) is 0. The van der Waals surface area contributed by atoms with Crippen LogP contribution in [0.1, 0.15) is 20.3 Å². The molecule has 0 saturated carbocycles. The number of rotatable bonds is 3. The van der Waals surface area contributed by atoms with E-state index in [1.165, 1.54) is 0 Å². The summed E-state index contributed by atoms with van der Waals surface area (Å²) in [6, 6.07) is 0. The smallest absolute Gasteiger partial charge is 0.0596 e. The minimum Gasteiger partial charge on any atom is -0.195 e. The van der Waals surface area contributed by atoms with Crippen molar-refractivity contribution in [3.05, 3.63) is 0 Å². The van der Waals surface area contributed by atoms with E-state index in [1.807, 2.05) is 6.92 Å². The van der Waals surface area contributed by atoms with Gasteiger partial charge in [-0.05, 0) is 13.3 Å². The Morgan fingerprint density at radius 2 is 1.86 bits per heavy atom. The van der Waals surface area contributed by atoms with Gasteiger partial charge in [0.05, 0.1) is 13.1 Å². The summed E-state index contributed by atoms with van der Waals surface area (Å²) in [7, 11) is 0. The van der Waals surface area contributed by atoms with E-state index in [0.29, 0.717) is 0 Å². The maximum atomic E-state index is 3.83. The highest BCUT2D eigenvalue weighted by Gasteiger charge is 1.69. The van der Waals surface area contributed by atoms with Crippen molar-refractivity contribution in [3.8, 4) is 0 Å². The zero-order valence-electron chi connectivity index (χ0n) is 5.02. The van der Waals surface area contributed by atoms with Crippen LogP contribution < -0.4 is 0 Å². The molecule has 0 N–H and O–H groups in total. The lowest BCUT2D eigenvalue weighted by Gasteiger charge is -1.79. The molecule has 0 fully saturated rings. The van der Waals surface area contributed by atoms with E-state index in [2.05, 4.69) is 17.2 Å². The molecule has 0 aromatic carbocycles. The number of hydrogen-bond donors (Lipinski definition) is 0. The second-order valence-corrected chi connectivity index (χ2v) is 1.32. The summed E-state index contributed by atoms with van der Waals surface area (Å²) in [6.45, 7) is 5.78. The molecule has 0 unspecified atom stereocenters. The Morgan fingerprint density at radius 1 is 1.14 bits per heavy atom. The van der Waals surface area contributed by atoms with Crippen LogP contribution in [0.2, 0.25) is 0 Å². The second-order valence-electron chi connectivity index (χ2n) is 1.32. The average molecular weight is 100 g/mol. The van der Waals surface area contributed by atoms with Gasteiger partial charge in [-0.3, -0.25) is 0 Å². The summed E-state index contributed by atoms with van der Waals surface area (Å²) < 4.78 is 0. The first-order chi connectivity index (χ1) is 3.41. The third-order valence-electron chi connectivity index (χ3n) is 0.565. The molecule has 0 amide bonds. The maximum absolute atomic E-state index is 3.83. The van der Waals surface area contributed by atoms with Crippen LogP contribution in [0, 0.1) is 0 Å². The van der Waals surface area contributed by atoms with Crippen LogP contribution >= 0.6 is 0 Å². The molecule has 7 heavy (non-hydrogen) atoms. The van der Waals surface area contributed by atoms with Crippen molar-refractivity contribution in [2.75, 3.05) is 13.1 Å². The van der Waals surface area contributed by atoms with Gasteiger partial charge in [-0.25, -0.2) is 0 Å². The van der Waals surface area contributed by atoms with Crippen LogP contribution in [0.25, 0.3) is 0 Å². The van der Waals surface area contributed by atoms with Crippen LogP contribution in [-0.2, 0) is 0 Å². The van der Waals surface area contributed by atoms with Gasteiger partial charge in [0, 0.05) is 0 Å². The van der Waals surface area contributed by atoms with Crippen LogP contribution in [0.4, 0.5) is 0 Å². The van der Waals surface area contributed by atoms with E-state index >= 15 is 0 Å². The zero-order valence-corrected chi connectivity index (χ0v) is 5.02. The summed E-state index contributed by atoms with van der Waals surface area (Å²) in [5.41, 5.74) is 0. The molecule has 0 aliphatic heterocycles. The van der Waals surface area contributed by atoms with Crippen molar-refractivity contribution < 1.29 is 0 Å². The van der Waals surface area contributed by atoms with Gasteiger partial charge in [-0.2, -0.15) is 10.2 Å². The van der Waals surface area contributed by atoms with Crippen molar-refractivity contribution in [1.29, 1.82) is 0 Å². The number of hydrogen-bond acceptors (Lipinski definition) is 2. The fraction of sp³-hybridized carbons (Fsp3) is 1.00.